The molecule has 1 N–H and O–H groups in total. The van der Waals surface area contributed by atoms with Crippen LogP contribution in [-0.2, 0) is 0 Å². The third-order valence-electron chi connectivity index (χ3n) is 3.26. The zero-order chi connectivity index (χ0) is 13.0. The van der Waals surface area contributed by atoms with Crippen LogP contribution >= 0.6 is 15.9 Å². The largest absolute Gasteiger partial charge is 0.367 e. The first kappa shape index (κ1) is 13.3. The fourth-order valence-corrected chi connectivity index (χ4v) is 2.39. The van der Waals surface area contributed by atoms with Crippen molar-refractivity contribution < 1.29 is 0 Å². The van der Waals surface area contributed by atoms with Crippen molar-refractivity contribution in [2.45, 2.75) is 25.8 Å². The topological polar surface area (TPSA) is 52.0 Å². The smallest absolute Gasteiger partial charge is 0.126 e. The molecule has 1 aromatic rings. The number of likely N-dealkylation sites (tertiary alicyclic amines) is 1. The molecule has 0 atom stereocenters. The Morgan fingerprint density at radius 1 is 1.50 bits per heavy atom. The summed E-state index contributed by atoms with van der Waals surface area (Å²) in [6.07, 6.45) is 2.14. The van der Waals surface area contributed by atoms with E-state index in [4.69, 9.17) is 5.26 Å². The van der Waals surface area contributed by atoms with E-state index >= 15 is 0 Å². The summed E-state index contributed by atoms with van der Waals surface area (Å²) in [4.78, 5) is 6.69. The summed E-state index contributed by atoms with van der Waals surface area (Å²) in [5.41, 5.74) is 1.00. The van der Waals surface area contributed by atoms with Crippen molar-refractivity contribution in [1.29, 1.82) is 5.26 Å². The Balaban J connectivity index is 1.88. The average Bonchev–Trinajstić information content (AvgIpc) is 2.37. The third kappa shape index (κ3) is 3.44. The van der Waals surface area contributed by atoms with Gasteiger partial charge in [-0.1, -0.05) is 0 Å². The van der Waals surface area contributed by atoms with E-state index in [-0.39, 0.29) is 0 Å². The number of aromatic nitrogens is 1. The van der Waals surface area contributed by atoms with Crippen molar-refractivity contribution in [2.75, 3.05) is 25.0 Å². The molecular formula is C13H17BrN4. The van der Waals surface area contributed by atoms with Crippen molar-refractivity contribution >= 4 is 21.7 Å². The predicted octanol–water partition coefficient (Wildman–Crippen LogP) is 2.55. The molecule has 0 aromatic carbocycles. The summed E-state index contributed by atoms with van der Waals surface area (Å²) in [6, 6.07) is 6.69. The van der Waals surface area contributed by atoms with Crippen molar-refractivity contribution in [1.82, 2.24) is 9.88 Å². The van der Waals surface area contributed by atoms with Gasteiger partial charge in [0.15, 0.2) is 0 Å². The van der Waals surface area contributed by atoms with Crippen LogP contribution in [-0.4, -0.2) is 35.6 Å². The Morgan fingerprint density at radius 2 is 2.22 bits per heavy atom. The summed E-state index contributed by atoms with van der Waals surface area (Å²) in [6.45, 7) is 4.51. The minimum atomic E-state index is 0.466. The Kier molecular flexibility index (Phi) is 4.56. The van der Waals surface area contributed by atoms with E-state index in [9.17, 15) is 0 Å². The molecule has 2 rings (SSSR count). The molecule has 0 radical (unpaired) electrons. The number of aryl methyl sites for hydroxylation is 1. The second-order valence-electron chi connectivity index (χ2n) is 4.62. The van der Waals surface area contributed by atoms with Gasteiger partial charge in [-0.15, -0.1) is 0 Å². The Labute approximate surface area is 116 Å². The lowest BCUT2D eigenvalue weighted by Gasteiger charge is -2.31. The van der Waals surface area contributed by atoms with Gasteiger partial charge < -0.3 is 5.32 Å². The van der Waals surface area contributed by atoms with Gasteiger partial charge >= 0.3 is 0 Å². The molecule has 0 amide bonds. The second kappa shape index (κ2) is 6.17. The van der Waals surface area contributed by atoms with E-state index in [1.54, 1.807) is 0 Å². The molecule has 1 saturated heterocycles. The van der Waals surface area contributed by atoms with Crippen molar-refractivity contribution in [3.8, 4) is 6.07 Å². The highest BCUT2D eigenvalue weighted by Gasteiger charge is 2.18. The second-order valence-corrected chi connectivity index (χ2v) is 5.47. The molecule has 5 heteroatoms. The first-order chi connectivity index (χ1) is 8.69. The Bertz CT molecular complexity index is 447. The normalized spacial score (nSPS) is 17.4. The number of piperidine rings is 1. The number of halogens is 1. The number of nitrogens with one attached hydrogen (secondary N) is 1. The minimum Gasteiger partial charge on any atom is -0.367 e. The molecule has 1 aromatic heterocycles. The van der Waals surface area contributed by atoms with E-state index in [1.165, 1.54) is 0 Å². The van der Waals surface area contributed by atoms with Crippen LogP contribution in [0.2, 0.25) is 0 Å². The van der Waals surface area contributed by atoms with E-state index < -0.39 is 0 Å². The fourth-order valence-electron chi connectivity index (χ4n) is 2.17. The molecule has 0 unspecified atom stereocenters. The van der Waals surface area contributed by atoms with Gasteiger partial charge in [0.1, 0.15) is 5.82 Å². The molecule has 0 aliphatic carbocycles. The number of nitriles is 1. The van der Waals surface area contributed by atoms with Crippen LogP contribution in [0.5, 0.6) is 0 Å². The minimum absolute atomic E-state index is 0.466. The van der Waals surface area contributed by atoms with Crippen molar-refractivity contribution in [2.24, 2.45) is 0 Å². The highest BCUT2D eigenvalue weighted by molar-refractivity contribution is 9.10. The molecule has 0 spiro atoms. The first-order valence-corrected chi connectivity index (χ1v) is 6.97. The number of hydrogen-bond donors (Lipinski definition) is 1. The molecule has 96 valence electrons. The summed E-state index contributed by atoms with van der Waals surface area (Å²) in [5, 5.41) is 12.1. The molecule has 1 aliphatic rings. The third-order valence-corrected chi connectivity index (χ3v) is 4.09. The predicted molar refractivity (Wildman–Crippen MR) is 75.4 cm³/mol. The average molecular weight is 309 g/mol. The molecule has 0 bridgehead atoms. The lowest BCUT2D eigenvalue weighted by molar-refractivity contribution is 0.242. The molecule has 4 nitrogen and oxygen atoms in total. The lowest BCUT2D eigenvalue weighted by atomic mass is 10.1. The summed E-state index contributed by atoms with van der Waals surface area (Å²) in [7, 11) is 0. The van der Waals surface area contributed by atoms with Crippen LogP contribution in [0.3, 0.4) is 0 Å². The van der Waals surface area contributed by atoms with Gasteiger partial charge in [-0.25, -0.2) is 4.98 Å². The van der Waals surface area contributed by atoms with Gasteiger partial charge in [0.25, 0.3) is 0 Å². The van der Waals surface area contributed by atoms with Crippen LogP contribution in [0.1, 0.15) is 18.5 Å². The first-order valence-electron chi connectivity index (χ1n) is 6.18. The Hall–Kier alpha value is -1.12. The van der Waals surface area contributed by atoms with Gasteiger partial charge in [-0.2, -0.15) is 5.26 Å². The SMILES string of the molecule is Cc1nc(NC2CCN(CC#N)CC2)ccc1Br. The Morgan fingerprint density at radius 3 is 2.83 bits per heavy atom. The molecular weight excluding hydrogens is 292 g/mol. The number of rotatable bonds is 3. The molecule has 0 saturated carbocycles. The molecule has 2 heterocycles. The van der Waals surface area contributed by atoms with Crippen molar-refractivity contribution in [3.05, 3.63) is 22.3 Å². The zero-order valence-corrected chi connectivity index (χ0v) is 12.1. The van der Waals surface area contributed by atoms with Gasteiger partial charge in [-0.3, -0.25) is 4.90 Å². The monoisotopic (exact) mass is 308 g/mol. The fraction of sp³-hybridized carbons (Fsp3) is 0.538. The summed E-state index contributed by atoms with van der Waals surface area (Å²) < 4.78 is 1.04. The van der Waals surface area contributed by atoms with Crippen LogP contribution in [0, 0.1) is 18.3 Å². The van der Waals surface area contributed by atoms with Crippen LogP contribution in [0.4, 0.5) is 5.82 Å². The molecule has 18 heavy (non-hydrogen) atoms. The zero-order valence-electron chi connectivity index (χ0n) is 10.5. The van der Waals surface area contributed by atoms with Gasteiger partial charge in [0.2, 0.25) is 0 Å². The lowest BCUT2D eigenvalue weighted by Crippen LogP contribution is -2.39. The quantitative estimate of drug-likeness (QED) is 0.872. The van der Waals surface area contributed by atoms with E-state index in [0.29, 0.717) is 12.6 Å². The highest BCUT2D eigenvalue weighted by atomic mass is 79.9. The number of anilines is 1. The van der Waals surface area contributed by atoms with E-state index in [0.717, 1.165) is 41.9 Å². The van der Waals surface area contributed by atoms with Crippen LogP contribution in [0.25, 0.3) is 0 Å². The van der Waals surface area contributed by atoms with Crippen molar-refractivity contribution in [3.63, 3.8) is 0 Å². The van der Waals surface area contributed by atoms with Gasteiger partial charge in [0, 0.05) is 23.6 Å². The van der Waals surface area contributed by atoms with Crippen LogP contribution in [0.15, 0.2) is 16.6 Å². The maximum absolute atomic E-state index is 8.65. The standard InChI is InChI=1S/C13H17BrN4/c1-10-12(14)2-3-13(16-10)17-11-4-7-18(8-5-11)9-6-15/h2-3,11H,4-5,7-9H2,1H3,(H,16,17). The molecule has 1 fully saturated rings. The maximum Gasteiger partial charge on any atom is 0.126 e. The number of pyridine rings is 1. The van der Waals surface area contributed by atoms with E-state index in [2.05, 4.69) is 37.2 Å². The van der Waals surface area contributed by atoms with Gasteiger partial charge in [-0.05, 0) is 47.8 Å². The summed E-state index contributed by atoms with van der Waals surface area (Å²) >= 11 is 3.45. The number of nitrogens with zero attached hydrogens (tertiary/aromatic N) is 3. The van der Waals surface area contributed by atoms with Crippen LogP contribution < -0.4 is 5.32 Å². The highest BCUT2D eigenvalue weighted by Crippen LogP contribution is 2.19. The summed E-state index contributed by atoms with van der Waals surface area (Å²) in [5.74, 6) is 0.939. The molecule has 1 aliphatic heterocycles. The van der Waals surface area contributed by atoms with Gasteiger partial charge in [0.05, 0.1) is 18.3 Å². The van der Waals surface area contributed by atoms with E-state index in [1.807, 2.05) is 19.1 Å². The number of hydrogen-bond acceptors (Lipinski definition) is 4. The maximum atomic E-state index is 8.65.